The Kier molecular flexibility index (Phi) is 3.32. The van der Waals surface area contributed by atoms with Crippen LogP contribution in [0.1, 0.15) is 32.2 Å². The zero-order valence-corrected chi connectivity index (χ0v) is 11.2. The van der Waals surface area contributed by atoms with Crippen LogP contribution in [0.15, 0.2) is 43.2 Å². The zero-order valence-electron chi connectivity index (χ0n) is 11.2. The van der Waals surface area contributed by atoms with E-state index in [1.807, 2.05) is 49.9 Å². The molecule has 0 amide bonds. The molecule has 0 saturated heterocycles. The summed E-state index contributed by atoms with van der Waals surface area (Å²) in [6, 6.07) is 8.17. The summed E-state index contributed by atoms with van der Waals surface area (Å²) in [6.07, 6.45) is 4.75. The smallest absolute Gasteiger partial charge is 0.190 e. The van der Waals surface area contributed by atoms with Crippen LogP contribution in [-0.2, 0) is 11.2 Å². The number of nitrogens with zero attached hydrogens (tertiary/aromatic N) is 1. The van der Waals surface area contributed by atoms with Crippen LogP contribution in [0, 0.1) is 0 Å². The van der Waals surface area contributed by atoms with E-state index in [-0.39, 0.29) is 5.60 Å². The van der Waals surface area contributed by atoms with Gasteiger partial charge in [0.2, 0.25) is 0 Å². The molecule has 0 aliphatic carbocycles. The summed E-state index contributed by atoms with van der Waals surface area (Å²) < 4.78 is 7.79. The minimum Gasteiger partial charge on any atom is -0.473 e. The van der Waals surface area contributed by atoms with Crippen LogP contribution in [-0.4, -0.2) is 15.2 Å². The summed E-state index contributed by atoms with van der Waals surface area (Å²) in [7, 11) is 0. The average Bonchev–Trinajstić information content (AvgIpc) is 2.86. The van der Waals surface area contributed by atoms with Crippen LogP contribution >= 0.6 is 0 Å². The van der Waals surface area contributed by atoms with E-state index < -0.39 is 0 Å². The van der Waals surface area contributed by atoms with Crippen LogP contribution in [0.2, 0.25) is 0 Å². The normalized spacial score (nSPS) is 11.5. The van der Waals surface area contributed by atoms with Crippen molar-refractivity contribution in [2.24, 2.45) is 0 Å². The third kappa shape index (κ3) is 3.06. The molecule has 0 aromatic carbocycles. The SMILES string of the molecule is C=C(OC(C)(C)C)n1cccc1Cc1ccc[nH]1. The van der Waals surface area contributed by atoms with Gasteiger partial charge in [-0.15, -0.1) is 0 Å². The first kappa shape index (κ1) is 12.6. The summed E-state index contributed by atoms with van der Waals surface area (Å²) in [6.45, 7) is 10.1. The van der Waals surface area contributed by atoms with Gasteiger partial charge < -0.3 is 9.72 Å². The highest BCUT2D eigenvalue weighted by Crippen LogP contribution is 2.19. The van der Waals surface area contributed by atoms with Gasteiger partial charge in [0.25, 0.3) is 0 Å². The number of aromatic nitrogens is 2. The molecule has 0 atom stereocenters. The Morgan fingerprint density at radius 2 is 2.11 bits per heavy atom. The summed E-state index contributed by atoms with van der Waals surface area (Å²) in [5.74, 6) is 0.661. The molecule has 96 valence electrons. The monoisotopic (exact) mass is 244 g/mol. The number of nitrogens with one attached hydrogen (secondary N) is 1. The summed E-state index contributed by atoms with van der Waals surface area (Å²) in [4.78, 5) is 3.21. The second kappa shape index (κ2) is 4.77. The van der Waals surface area contributed by atoms with Gasteiger partial charge in [-0.25, -0.2) is 0 Å². The van der Waals surface area contributed by atoms with E-state index in [4.69, 9.17) is 4.74 Å². The van der Waals surface area contributed by atoms with Crippen molar-refractivity contribution in [3.05, 3.63) is 54.6 Å². The maximum atomic E-state index is 5.80. The van der Waals surface area contributed by atoms with E-state index in [0.717, 1.165) is 12.1 Å². The largest absolute Gasteiger partial charge is 0.473 e. The maximum absolute atomic E-state index is 5.80. The first-order chi connectivity index (χ1) is 8.46. The minimum atomic E-state index is -0.231. The fraction of sp³-hybridized carbons (Fsp3) is 0.333. The highest BCUT2D eigenvalue weighted by atomic mass is 16.5. The first-order valence-electron chi connectivity index (χ1n) is 6.12. The minimum absolute atomic E-state index is 0.231. The molecule has 0 bridgehead atoms. The third-order valence-electron chi connectivity index (χ3n) is 2.56. The van der Waals surface area contributed by atoms with E-state index >= 15 is 0 Å². The molecule has 0 aliphatic rings. The number of hydrogen-bond acceptors (Lipinski definition) is 1. The number of H-pyrrole nitrogens is 1. The van der Waals surface area contributed by atoms with Crippen molar-refractivity contribution in [1.82, 2.24) is 9.55 Å². The Morgan fingerprint density at radius 1 is 1.33 bits per heavy atom. The zero-order chi connectivity index (χ0) is 13.2. The van der Waals surface area contributed by atoms with Crippen LogP contribution < -0.4 is 0 Å². The lowest BCUT2D eigenvalue weighted by molar-refractivity contribution is 0.0866. The van der Waals surface area contributed by atoms with E-state index in [1.165, 1.54) is 5.69 Å². The van der Waals surface area contributed by atoms with Gasteiger partial charge in [0.1, 0.15) is 5.60 Å². The Labute approximate surface area is 108 Å². The van der Waals surface area contributed by atoms with Gasteiger partial charge in [0.05, 0.1) is 0 Å². The number of aromatic amines is 1. The van der Waals surface area contributed by atoms with Gasteiger partial charge in [-0.1, -0.05) is 0 Å². The predicted octanol–water partition coefficient (Wildman–Crippen LogP) is 3.65. The molecule has 2 aromatic heterocycles. The molecule has 3 heteroatoms. The predicted molar refractivity (Wildman–Crippen MR) is 74.2 cm³/mol. The molecule has 0 radical (unpaired) electrons. The van der Waals surface area contributed by atoms with Crippen molar-refractivity contribution < 1.29 is 4.74 Å². The topological polar surface area (TPSA) is 29.9 Å². The lowest BCUT2D eigenvalue weighted by atomic mass is 10.2. The molecule has 1 N–H and O–H groups in total. The maximum Gasteiger partial charge on any atom is 0.190 e. The average molecular weight is 244 g/mol. The Morgan fingerprint density at radius 3 is 2.72 bits per heavy atom. The van der Waals surface area contributed by atoms with Crippen molar-refractivity contribution in [3.63, 3.8) is 0 Å². The molecule has 18 heavy (non-hydrogen) atoms. The molecule has 2 aromatic rings. The van der Waals surface area contributed by atoms with Gasteiger partial charge in [0.15, 0.2) is 5.88 Å². The second-order valence-electron chi connectivity index (χ2n) is 5.35. The molecule has 0 spiro atoms. The molecule has 0 fully saturated rings. The highest BCUT2D eigenvalue weighted by Gasteiger charge is 2.15. The van der Waals surface area contributed by atoms with Gasteiger partial charge >= 0.3 is 0 Å². The third-order valence-corrected chi connectivity index (χ3v) is 2.56. The van der Waals surface area contributed by atoms with Crippen LogP contribution in [0.3, 0.4) is 0 Å². The standard InChI is InChI=1S/C15H20N2O/c1-12(18-15(2,3)4)17-10-6-8-14(17)11-13-7-5-9-16-13/h5-10,16H,1,11H2,2-4H3. The molecule has 0 saturated carbocycles. The van der Waals surface area contributed by atoms with Gasteiger partial charge in [-0.2, -0.15) is 0 Å². The molecular formula is C15H20N2O. The quantitative estimate of drug-likeness (QED) is 0.817. The summed E-state index contributed by atoms with van der Waals surface area (Å²) >= 11 is 0. The Bertz CT molecular complexity index is 515. The fourth-order valence-corrected chi connectivity index (χ4v) is 1.88. The lowest BCUT2D eigenvalue weighted by Crippen LogP contribution is -2.20. The Hall–Kier alpha value is -1.90. The first-order valence-corrected chi connectivity index (χ1v) is 6.12. The number of rotatable bonds is 4. The van der Waals surface area contributed by atoms with Crippen molar-refractivity contribution in [1.29, 1.82) is 0 Å². The van der Waals surface area contributed by atoms with E-state index in [9.17, 15) is 0 Å². The molecular weight excluding hydrogens is 224 g/mol. The molecule has 2 heterocycles. The van der Waals surface area contributed by atoms with Crippen molar-refractivity contribution in [2.45, 2.75) is 32.8 Å². The molecule has 0 aliphatic heterocycles. The van der Waals surface area contributed by atoms with Gasteiger partial charge in [-0.05, 0) is 51.6 Å². The lowest BCUT2D eigenvalue weighted by Gasteiger charge is -2.24. The van der Waals surface area contributed by atoms with E-state index in [1.54, 1.807) is 0 Å². The van der Waals surface area contributed by atoms with Crippen LogP contribution in [0.5, 0.6) is 0 Å². The van der Waals surface area contributed by atoms with Crippen molar-refractivity contribution >= 4 is 5.88 Å². The van der Waals surface area contributed by atoms with Crippen LogP contribution in [0.4, 0.5) is 0 Å². The number of hydrogen-bond donors (Lipinski definition) is 1. The van der Waals surface area contributed by atoms with Crippen LogP contribution in [0.25, 0.3) is 5.88 Å². The van der Waals surface area contributed by atoms with E-state index in [2.05, 4.69) is 23.7 Å². The summed E-state index contributed by atoms with van der Waals surface area (Å²) in [5, 5.41) is 0. The fourth-order valence-electron chi connectivity index (χ4n) is 1.88. The molecule has 3 nitrogen and oxygen atoms in total. The van der Waals surface area contributed by atoms with Gasteiger partial charge in [0, 0.05) is 30.2 Å². The highest BCUT2D eigenvalue weighted by molar-refractivity contribution is 5.38. The second-order valence-corrected chi connectivity index (χ2v) is 5.35. The molecule has 0 unspecified atom stereocenters. The van der Waals surface area contributed by atoms with Gasteiger partial charge in [-0.3, -0.25) is 4.57 Å². The Balaban J connectivity index is 2.15. The number of ether oxygens (including phenoxy) is 1. The van der Waals surface area contributed by atoms with E-state index in [0.29, 0.717) is 5.88 Å². The molecule has 2 rings (SSSR count). The summed E-state index contributed by atoms with van der Waals surface area (Å²) in [5.41, 5.74) is 2.11. The van der Waals surface area contributed by atoms with Crippen molar-refractivity contribution in [3.8, 4) is 0 Å². The van der Waals surface area contributed by atoms with Crippen molar-refractivity contribution in [2.75, 3.05) is 0 Å².